The molecule has 0 bridgehead atoms. The fourth-order valence-corrected chi connectivity index (χ4v) is 2.99. The monoisotopic (exact) mass is 290 g/mol. The van der Waals surface area contributed by atoms with Crippen LogP contribution in [0.4, 0.5) is 5.69 Å². The van der Waals surface area contributed by atoms with Crippen molar-refractivity contribution < 1.29 is 9.72 Å². The lowest BCUT2D eigenvalue weighted by molar-refractivity contribution is -0.385. The van der Waals surface area contributed by atoms with E-state index < -0.39 is 4.92 Å². The second-order valence-electron chi connectivity index (χ2n) is 6.09. The Kier molecular flexibility index (Phi) is 4.60. The van der Waals surface area contributed by atoms with Gasteiger partial charge in [0.1, 0.15) is 0 Å². The fourth-order valence-electron chi connectivity index (χ4n) is 2.99. The Bertz CT molecular complexity index is 548. The van der Waals surface area contributed by atoms with Gasteiger partial charge in [-0.05, 0) is 50.7 Å². The third-order valence-corrected chi connectivity index (χ3v) is 4.49. The molecule has 1 aromatic carbocycles. The molecule has 1 aliphatic rings. The smallest absolute Gasteiger partial charge is 0.272 e. The van der Waals surface area contributed by atoms with Gasteiger partial charge < -0.3 is 4.90 Å². The van der Waals surface area contributed by atoms with Crippen LogP contribution in [0.3, 0.4) is 0 Å². The van der Waals surface area contributed by atoms with Crippen molar-refractivity contribution in [2.24, 2.45) is 5.92 Å². The average Bonchev–Trinajstić information content (AvgIpc) is 2.46. The van der Waals surface area contributed by atoms with E-state index in [1.165, 1.54) is 6.07 Å². The average molecular weight is 290 g/mol. The molecule has 1 fully saturated rings. The minimum Gasteiger partial charge on any atom is -0.339 e. The summed E-state index contributed by atoms with van der Waals surface area (Å²) in [5.41, 5.74) is 1.11. The van der Waals surface area contributed by atoms with Crippen molar-refractivity contribution >= 4 is 11.6 Å². The summed E-state index contributed by atoms with van der Waals surface area (Å²) in [6, 6.07) is 4.86. The van der Waals surface area contributed by atoms with Crippen molar-refractivity contribution in [3.05, 3.63) is 39.4 Å². The molecular weight excluding hydrogens is 268 g/mol. The molecule has 0 atom stereocenters. The van der Waals surface area contributed by atoms with Crippen LogP contribution >= 0.6 is 0 Å². The second-order valence-corrected chi connectivity index (χ2v) is 6.09. The number of nitro benzene ring substituents is 1. The lowest BCUT2D eigenvalue weighted by Crippen LogP contribution is -2.39. The van der Waals surface area contributed by atoms with Gasteiger partial charge in [-0.25, -0.2) is 0 Å². The van der Waals surface area contributed by atoms with Crippen LogP contribution in [0.1, 0.15) is 48.5 Å². The van der Waals surface area contributed by atoms with Gasteiger partial charge in [0.25, 0.3) is 11.6 Å². The minimum absolute atomic E-state index is 0.0486. The van der Waals surface area contributed by atoms with Crippen LogP contribution in [0.2, 0.25) is 0 Å². The molecule has 5 nitrogen and oxygen atoms in total. The number of carbonyl (C=O) groups excluding carboxylic acids is 1. The molecular formula is C16H22N2O3. The zero-order valence-corrected chi connectivity index (χ0v) is 12.8. The van der Waals surface area contributed by atoms with E-state index in [1.807, 2.05) is 7.05 Å². The standard InChI is InChI=1S/C16H22N2O3/c1-11-4-7-14(8-5-11)17(3)16(19)13-6-9-15(18(20)21)12(2)10-13/h6,9-11,14H,4-5,7-8H2,1-3H3. The number of rotatable bonds is 3. The van der Waals surface area contributed by atoms with Gasteiger partial charge in [0, 0.05) is 30.3 Å². The molecule has 0 saturated heterocycles. The van der Waals surface area contributed by atoms with Crippen LogP contribution in [0.25, 0.3) is 0 Å². The Morgan fingerprint density at radius 1 is 1.29 bits per heavy atom. The Morgan fingerprint density at radius 2 is 1.90 bits per heavy atom. The topological polar surface area (TPSA) is 63.5 Å². The first kappa shape index (κ1) is 15.5. The molecule has 21 heavy (non-hydrogen) atoms. The highest BCUT2D eigenvalue weighted by Crippen LogP contribution is 2.28. The van der Waals surface area contributed by atoms with E-state index in [0.29, 0.717) is 11.1 Å². The first-order valence-electron chi connectivity index (χ1n) is 7.42. The summed E-state index contributed by atoms with van der Waals surface area (Å²) in [6.45, 7) is 3.91. The fraction of sp³-hybridized carbons (Fsp3) is 0.562. The van der Waals surface area contributed by atoms with E-state index in [9.17, 15) is 14.9 Å². The molecule has 114 valence electrons. The number of nitrogens with zero attached hydrogens (tertiary/aromatic N) is 2. The predicted molar refractivity (Wildman–Crippen MR) is 81.3 cm³/mol. The summed E-state index contributed by atoms with van der Waals surface area (Å²) >= 11 is 0. The molecule has 2 rings (SSSR count). The van der Waals surface area contributed by atoms with E-state index in [0.717, 1.165) is 31.6 Å². The van der Waals surface area contributed by atoms with Crippen LogP contribution in [0, 0.1) is 23.0 Å². The number of benzene rings is 1. The van der Waals surface area contributed by atoms with E-state index in [2.05, 4.69) is 6.92 Å². The summed E-state index contributed by atoms with van der Waals surface area (Å²) in [6.07, 6.45) is 4.38. The number of carbonyl (C=O) groups is 1. The maximum absolute atomic E-state index is 12.5. The zero-order valence-electron chi connectivity index (χ0n) is 12.8. The van der Waals surface area contributed by atoms with Crippen molar-refractivity contribution in [3.8, 4) is 0 Å². The number of aryl methyl sites for hydroxylation is 1. The van der Waals surface area contributed by atoms with Gasteiger partial charge >= 0.3 is 0 Å². The molecule has 0 unspecified atom stereocenters. The molecule has 1 amide bonds. The Balaban J connectivity index is 2.12. The van der Waals surface area contributed by atoms with E-state index in [-0.39, 0.29) is 17.6 Å². The van der Waals surface area contributed by atoms with Crippen LogP contribution in [0.5, 0.6) is 0 Å². The third-order valence-electron chi connectivity index (χ3n) is 4.49. The highest BCUT2D eigenvalue weighted by atomic mass is 16.6. The molecule has 0 radical (unpaired) electrons. The number of hydrogen-bond donors (Lipinski definition) is 0. The number of amides is 1. The van der Waals surface area contributed by atoms with E-state index in [4.69, 9.17) is 0 Å². The van der Waals surface area contributed by atoms with Crippen LogP contribution in [-0.4, -0.2) is 28.8 Å². The van der Waals surface area contributed by atoms with Gasteiger partial charge in [-0.1, -0.05) is 6.92 Å². The highest BCUT2D eigenvalue weighted by molar-refractivity contribution is 5.94. The largest absolute Gasteiger partial charge is 0.339 e. The Morgan fingerprint density at radius 3 is 2.43 bits per heavy atom. The summed E-state index contributed by atoms with van der Waals surface area (Å²) in [5, 5.41) is 10.8. The maximum atomic E-state index is 12.5. The van der Waals surface area contributed by atoms with Crippen molar-refractivity contribution in [2.45, 2.75) is 45.6 Å². The zero-order chi connectivity index (χ0) is 15.6. The number of hydrogen-bond acceptors (Lipinski definition) is 3. The minimum atomic E-state index is -0.421. The molecule has 5 heteroatoms. The molecule has 0 heterocycles. The Labute approximate surface area is 125 Å². The molecule has 1 saturated carbocycles. The maximum Gasteiger partial charge on any atom is 0.272 e. The lowest BCUT2D eigenvalue weighted by atomic mass is 9.86. The summed E-state index contributed by atoms with van der Waals surface area (Å²) in [7, 11) is 1.83. The van der Waals surface area contributed by atoms with Crippen LogP contribution < -0.4 is 0 Å². The summed E-state index contributed by atoms with van der Waals surface area (Å²) in [4.78, 5) is 24.7. The Hall–Kier alpha value is -1.91. The van der Waals surface area contributed by atoms with Crippen molar-refractivity contribution in [2.75, 3.05) is 7.05 Å². The molecule has 1 aliphatic carbocycles. The lowest BCUT2D eigenvalue weighted by Gasteiger charge is -2.33. The van der Waals surface area contributed by atoms with Crippen molar-refractivity contribution in [3.63, 3.8) is 0 Å². The van der Waals surface area contributed by atoms with Gasteiger partial charge in [0.05, 0.1) is 4.92 Å². The van der Waals surface area contributed by atoms with Crippen molar-refractivity contribution in [1.82, 2.24) is 4.90 Å². The molecule has 1 aromatic rings. The first-order chi connectivity index (χ1) is 9.90. The van der Waals surface area contributed by atoms with Gasteiger partial charge in [0.15, 0.2) is 0 Å². The third kappa shape index (κ3) is 3.40. The predicted octanol–water partition coefficient (Wildman–Crippen LogP) is 3.55. The normalized spacial score (nSPS) is 21.9. The highest BCUT2D eigenvalue weighted by Gasteiger charge is 2.26. The SMILES string of the molecule is Cc1cc(C(=O)N(C)C2CCC(C)CC2)ccc1[N+](=O)[O-]. The summed E-state index contributed by atoms with van der Waals surface area (Å²) in [5.74, 6) is 0.693. The first-order valence-corrected chi connectivity index (χ1v) is 7.42. The molecule has 0 N–H and O–H groups in total. The van der Waals surface area contributed by atoms with Gasteiger partial charge in [-0.15, -0.1) is 0 Å². The van der Waals surface area contributed by atoms with Gasteiger partial charge in [0.2, 0.25) is 0 Å². The molecule has 0 spiro atoms. The van der Waals surface area contributed by atoms with Crippen molar-refractivity contribution in [1.29, 1.82) is 0 Å². The molecule has 0 aliphatic heterocycles. The van der Waals surface area contributed by atoms with E-state index >= 15 is 0 Å². The quantitative estimate of drug-likeness (QED) is 0.631. The van der Waals surface area contributed by atoms with Gasteiger partial charge in [-0.3, -0.25) is 14.9 Å². The number of nitro groups is 1. The molecule has 0 aromatic heterocycles. The van der Waals surface area contributed by atoms with E-state index in [1.54, 1.807) is 24.0 Å². The second kappa shape index (κ2) is 6.24. The van der Waals surface area contributed by atoms with Gasteiger partial charge in [-0.2, -0.15) is 0 Å². The summed E-state index contributed by atoms with van der Waals surface area (Å²) < 4.78 is 0. The van der Waals surface area contributed by atoms with Crippen LogP contribution in [-0.2, 0) is 0 Å². The van der Waals surface area contributed by atoms with Crippen LogP contribution in [0.15, 0.2) is 18.2 Å².